The molecule has 1 unspecified atom stereocenters. The number of sulfone groups is 1. The van der Waals surface area contributed by atoms with E-state index in [9.17, 15) is 8.42 Å². The van der Waals surface area contributed by atoms with Crippen molar-refractivity contribution in [3.8, 4) is 0 Å². The average Bonchev–Trinajstić information content (AvgIpc) is 2.88. The van der Waals surface area contributed by atoms with E-state index in [4.69, 9.17) is 5.84 Å². The molecule has 0 spiro atoms. The number of aromatic nitrogens is 2. The number of nitrogens with zero attached hydrogens (tertiary/aromatic N) is 2. The summed E-state index contributed by atoms with van der Waals surface area (Å²) in [4.78, 5) is 4.57. The number of aryl methyl sites for hydroxylation is 1. The van der Waals surface area contributed by atoms with Gasteiger partial charge in [0.05, 0.1) is 23.0 Å². The van der Waals surface area contributed by atoms with Gasteiger partial charge in [-0.2, -0.15) is 0 Å². The van der Waals surface area contributed by atoms with E-state index < -0.39 is 9.84 Å². The first kappa shape index (κ1) is 14.7. The topological polar surface area (TPSA) is 90.0 Å². The van der Waals surface area contributed by atoms with E-state index in [1.165, 1.54) is 6.26 Å². The minimum atomic E-state index is -3.24. The third-order valence-corrected chi connectivity index (χ3v) is 4.21. The van der Waals surface area contributed by atoms with Crippen LogP contribution >= 0.6 is 0 Å². The molecule has 6 nitrogen and oxygen atoms in total. The normalized spacial score (nSPS) is 13.3. The molecule has 1 heterocycles. The number of imidazole rings is 1. The molecule has 2 rings (SSSR count). The van der Waals surface area contributed by atoms with Gasteiger partial charge in [-0.15, -0.1) is 0 Å². The van der Waals surface area contributed by atoms with Gasteiger partial charge in [0.15, 0.2) is 9.84 Å². The molecule has 20 heavy (non-hydrogen) atoms. The molecular weight excluding hydrogens is 276 g/mol. The van der Waals surface area contributed by atoms with E-state index in [1.807, 2.05) is 23.8 Å². The Hall–Kier alpha value is -1.70. The first-order chi connectivity index (χ1) is 9.45. The number of nitrogens with one attached hydrogen (secondary N) is 1. The second-order valence-corrected chi connectivity index (χ2v) is 6.59. The predicted octanol–water partition coefficient (Wildman–Crippen LogP) is 0.859. The summed E-state index contributed by atoms with van der Waals surface area (Å²) < 4.78 is 25.2. The molecule has 0 aliphatic carbocycles. The summed E-state index contributed by atoms with van der Waals surface area (Å²) in [5.74, 6) is 5.60. The van der Waals surface area contributed by atoms with Gasteiger partial charge in [0.25, 0.3) is 0 Å². The molecule has 0 amide bonds. The number of rotatable bonds is 5. The summed E-state index contributed by atoms with van der Waals surface area (Å²) >= 11 is 0. The highest BCUT2D eigenvalue weighted by Gasteiger charge is 2.17. The maximum absolute atomic E-state index is 11.6. The molecule has 0 radical (unpaired) electrons. The zero-order valence-corrected chi connectivity index (χ0v) is 12.3. The molecule has 0 saturated carbocycles. The number of hydrazine groups is 1. The number of nitrogens with two attached hydrogens (primary N) is 1. The molecule has 0 aliphatic heterocycles. The maximum atomic E-state index is 11.6. The minimum absolute atomic E-state index is 0.269. The van der Waals surface area contributed by atoms with Crippen LogP contribution in [0.4, 0.5) is 0 Å². The first-order valence-electron chi connectivity index (χ1n) is 6.23. The lowest BCUT2D eigenvalue weighted by Gasteiger charge is -2.14. The van der Waals surface area contributed by atoms with Crippen LogP contribution in [0.1, 0.15) is 24.2 Å². The van der Waals surface area contributed by atoms with Gasteiger partial charge in [0, 0.05) is 19.0 Å². The second-order valence-electron chi connectivity index (χ2n) is 4.57. The lowest BCUT2D eigenvalue weighted by molar-refractivity contribution is 0.599. The SMILES string of the molecule is CCn1cnc(C(NN)c2cccc(S(C)(=O)=O)c2)c1. The minimum Gasteiger partial charge on any atom is -0.337 e. The smallest absolute Gasteiger partial charge is 0.175 e. The molecule has 0 saturated heterocycles. The largest absolute Gasteiger partial charge is 0.337 e. The lowest BCUT2D eigenvalue weighted by atomic mass is 10.1. The fraction of sp³-hybridized carbons (Fsp3) is 0.308. The van der Waals surface area contributed by atoms with Crippen molar-refractivity contribution in [2.75, 3.05) is 6.26 Å². The van der Waals surface area contributed by atoms with Crippen LogP contribution in [-0.4, -0.2) is 24.2 Å². The second kappa shape index (κ2) is 5.74. The zero-order chi connectivity index (χ0) is 14.8. The van der Waals surface area contributed by atoms with Crippen LogP contribution in [0.25, 0.3) is 0 Å². The Morgan fingerprint density at radius 3 is 2.75 bits per heavy atom. The van der Waals surface area contributed by atoms with Gasteiger partial charge >= 0.3 is 0 Å². The lowest BCUT2D eigenvalue weighted by Crippen LogP contribution is -2.29. The third kappa shape index (κ3) is 3.06. The highest BCUT2D eigenvalue weighted by atomic mass is 32.2. The van der Waals surface area contributed by atoms with E-state index in [0.717, 1.165) is 17.8 Å². The molecule has 1 aromatic carbocycles. The van der Waals surface area contributed by atoms with Crippen LogP contribution in [-0.2, 0) is 16.4 Å². The molecule has 108 valence electrons. The summed E-state index contributed by atoms with van der Waals surface area (Å²) in [6.45, 7) is 2.83. The molecule has 0 fully saturated rings. The summed E-state index contributed by atoms with van der Waals surface area (Å²) in [5.41, 5.74) is 4.19. The zero-order valence-electron chi connectivity index (χ0n) is 11.4. The van der Waals surface area contributed by atoms with Gasteiger partial charge in [-0.25, -0.2) is 18.8 Å². The Morgan fingerprint density at radius 2 is 2.20 bits per heavy atom. The van der Waals surface area contributed by atoms with Crippen molar-refractivity contribution in [3.05, 3.63) is 48.0 Å². The van der Waals surface area contributed by atoms with Gasteiger partial charge < -0.3 is 4.57 Å². The average molecular weight is 294 g/mol. The summed E-state index contributed by atoms with van der Waals surface area (Å²) in [6, 6.07) is 6.36. The van der Waals surface area contributed by atoms with Crippen molar-refractivity contribution >= 4 is 9.84 Å². The van der Waals surface area contributed by atoms with Gasteiger partial charge in [-0.3, -0.25) is 5.84 Å². The molecule has 0 bridgehead atoms. The van der Waals surface area contributed by atoms with Crippen LogP contribution in [0.15, 0.2) is 41.7 Å². The van der Waals surface area contributed by atoms with Crippen molar-refractivity contribution in [2.45, 2.75) is 24.4 Å². The Bertz CT molecular complexity index is 694. The molecule has 3 N–H and O–H groups in total. The van der Waals surface area contributed by atoms with Gasteiger partial charge in [0.2, 0.25) is 0 Å². The Balaban J connectivity index is 2.42. The first-order valence-corrected chi connectivity index (χ1v) is 8.12. The van der Waals surface area contributed by atoms with Crippen LogP contribution in [0, 0.1) is 0 Å². The standard InChI is InChI=1S/C13H18N4O2S/c1-3-17-8-12(15-9-17)13(16-14)10-5-4-6-11(7-10)20(2,18)19/h4-9,13,16H,3,14H2,1-2H3. The van der Waals surface area contributed by atoms with E-state index in [1.54, 1.807) is 24.5 Å². The van der Waals surface area contributed by atoms with Crippen LogP contribution < -0.4 is 11.3 Å². The van der Waals surface area contributed by atoms with Crippen molar-refractivity contribution < 1.29 is 8.42 Å². The molecule has 1 aromatic heterocycles. The van der Waals surface area contributed by atoms with E-state index in [-0.39, 0.29) is 10.9 Å². The molecule has 1 atom stereocenters. The van der Waals surface area contributed by atoms with Crippen molar-refractivity contribution in [1.82, 2.24) is 15.0 Å². The Kier molecular flexibility index (Phi) is 4.22. The molecule has 7 heteroatoms. The van der Waals surface area contributed by atoms with Crippen LogP contribution in [0.2, 0.25) is 0 Å². The van der Waals surface area contributed by atoms with Crippen molar-refractivity contribution in [2.24, 2.45) is 5.84 Å². The highest BCUT2D eigenvalue weighted by molar-refractivity contribution is 7.90. The summed E-state index contributed by atoms with van der Waals surface area (Å²) in [6.07, 6.45) is 4.79. The van der Waals surface area contributed by atoms with E-state index >= 15 is 0 Å². The third-order valence-electron chi connectivity index (χ3n) is 3.10. The molecule has 0 aliphatic rings. The highest BCUT2D eigenvalue weighted by Crippen LogP contribution is 2.22. The molecule has 2 aromatic rings. The monoisotopic (exact) mass is 294 g/mol. The van der Waals surface area contributed by atoms with Gasteiger partial charge in [0.1, 0.15) is 0 Å². The van der Waals surface area contributed by atoms with E-state index in [2.05, 4.69) is 10.4 Å². The number of hydrogen-bond donors (Lipinski definition) is 2. The van der Waals surface area contributed by atoms with Crippen molar-refractivity contribution in [3.63, 3.8) is 0 Å². The number of benzene rings is 1. The summed E-state index contributed by atoms with van der Waals surface area (Å²) in [5, 5.41) is 0. The maximum Gasteiger partial charge on any atom is 0.175 e. The quantitative estimate of drug-likeness (QED) is 0.630. The van der Waals surface area contributed by atoms with Crippen LogP contribution in [0.5, 0.6) is 0 Å². The predicted molar refractivity (Wildman–Crippen MR) is 76.6 cm³/mol. The Morgan fingerprint density at radius 1 is 1.45 bits per heavy atom. The van der Waals surface area contributed by atoms with Gasteiger partial charge in [-0.05, 0) is 24.6 Å². The molecular formula is C13H18N4O2S. The van der Waals surface area contributed by atoms with Crippen molar-refractivity contribution in [1.29, 1.82) is 0 Å². The fourth-order valence-corrected chi connectivity index (χ4v) is 2.65. The summed E-state index contributed by atoms with van der Waals surface area (Å²) in [7, 11) is -3.24. The fourth-order valence-electron chi connectivity index (χ4n) is 1.98. The van der Waals surface area contributed by atoms with Gasteiger partial charge in [-0.1, -0.05) is 12.1 Å². The van der Waals surface area contributed by atoms with E-state index in [0.29, 0.717) is 0 Å². The Labute approximate surface area is 118 Å². The number of hydrogen-bond acceptors (Lipinski definition) is 5. The van der Waals surface area contributed by atoms with Crippen LogP contribution in [0.3, 0.4) is 0 Å².